The van der Waals surface area contributed by atoms with E-state index in [1.807, 2.05) is 26.0 Å². The van der Waals surface area contributed by atoms with Crippen molar-refractivity contribution in [3.8, 4) is 5.75 Å². The zero-order valence-electron chi connectivity index (χ0n) is 21.2. The molecule has 1 aromatic carbocycles. The molecule has 1 saturated heterocycles. The van der Waals surface area contributed by atoms with Crippen LogP contribution in [0.3, 0.4) is 0 Å². The summed E-state index contributed by atoms with van der Waals surface area (Å²) in [5, 5.41) is 9.76. The van der Waals surface area contributed by atoms with E-state index in [4.69, 9.17) is 14.0 Å². The first kappa shape index (κ1) is 25.6. The molecule has 2 N–H and O–H groups in total. The van der Waals surface area contributed by atoms with Gasteiger partial charge in [-0.1, -0.05) is 31.1 Å². The average molecular weight is 499 g/mol. The molecule has 1 aromatic heterocycles. The van der Waals surface area contributed by atoms with Gasteiger partial charge in [-0.25, -0.2) is 9.59 Å². The lowest BCUT2D eigenvalue weighted by atomic mass is 9.94. The molecule has 1 unspecified atom stereocenters. The first-order valence-corrected chi connectivity index (χ1v) is 12.3. The number of nitrogens with one attached hydrogen (secondary N) is 2. The third-order valence-electron chi connectivity index (χ3n) is 6.30. The highest BCUT2D eigenvalue weighted by Crippen LogP contribution is 2.29. The fourth-order valence-corrected chi connectivity index (χ4v) is 4.33. The first-order chi connectivity index (χ1) is 17.4. The molecule has 11 nitrogen and oxygen atoms in total. The Morgan fingerprint density at radius 1 is 1.14 bits per heavy atom. The van der Waals surface area contributed by atoms with Crippen molar-refractivity contribution >= 4 is 12.0 Å². The van der Waals surface area contributed by atoms with Gasteiger partial charge in [0.25, 0.3) is 0 Å². The van der Waals surface area contributed by atoms with E-state index in [0.29, 0.717) is 36.0 Å². The van der Waals surface area contributed by atoms with Crippen LogP contribution in [0, 0.1) is 0 Å². The molecule has 194 valence electrons. The number of esters is 1. The molecule has 0 spiro atoms. The van der Waals surface area contributed by atoms with E-state index in [1.54, 1.807) is 26.2 Å². The number of methoxy groups -OCH3 is 1. The van der Waals surface area contributed by atoms with Gasteiger partial charge in [0.15, 0.2) is 5.82 Å². The highest BCUT2D eigenvalue weighted by atomic mass is 16.5. The number of carbonyl (C=O) groups is 2. The molecule has 0 bridgehead atoms. The number of nitrogens with zero attached hydrogens (tertiary/aromatic N) is 4. The van der Waals surface area contributed by atoms with E-state index in [2.05, 4.69) is 30.6 Å². The highest BCUT2D eigenvalue weighted by molar-refractivity contribution is 5.95. The van der Waals surface area contributed by atoms with Crippen LogP contribution in [0.2, 0.25) is 0 Å². The van der Waals surface area contributed by atoms with Crippen LogP contribution in [-0.2, 0) is 16.1 Å². The topological polar surface area (TPSA) is 122 Å². The van der Waals surface area contributed by atoms with Crippen molar-refractivity contribution in [3.05, 3.63) is 52.8 Å². The summed E-state index contributed by atoms with van der Waals surface area (Å²) in [5.41, 5.74) is 1.75. The summed E-state index contributed by atoms with van der Waals surface area (Å²) in [6, 6.07) is 6.32. The number of hydrogen-bond acceptors (Lipinski definition) is 9. The predicted molar refractivity (Wildman–Crippen MR) is 131 cm³/mol. The minimum Gasteiger partial charge on any atom is -0.497 e. The standard InChI is InChI=1S/C25H34N6O5/c1-5-35-24(32)21-19(26-25(33)28-22(21)17-6-8-18(34-4)9-7-17)14-30-10-12-31(13-11-30)15-20-27-23(16(2)3)29-36-20/h6-9,16,22H,5,10-15H2,1-4H3,(H2,26,28,33). The van der Waals surface area contributed by atoms with Crippen molar-refractivity contribution in [3.63, 3.8) is 0 Å². The van der Waals surface area contributed by atoms with Crippen molar-refractivity contribution in [2.45, 2.75) is 39.3 Å². The Kier molecular flexibility index (Phi) is 8.21. The Bertz CT molecular complexity index is 1090. The van der Waals surface area contributed by atoms with E-state index < -0.39 is 12.0 Å². The number of carbonyl (C=O) groups excluding carboxylic acids is 2. The SMILES string of the molecule is CCOC(=O)C1=C(CN2CCN(Cc3nc(C(C)C)no3)CC2)NC(=O)NC1c1ccc(OC)cc1. The van der Waals surface area contributed by atoms with Crippen LogP contribution >= 0.6 is 0 Å². The first-order valence-electron chi connectivity index (χ1n) is 12.3. The van der Waals surface area contributed by atoms with Crippen LogP contribution in [-0.4, -0.2) is 78.4 Å². The van der Waals surface area contributed by atoms with Crippen molar-refractivity contribution in [1.29, 1.82) is 0 Å². The van der Waals surface area contributed by atoms with Crippen molar-refractivity contribution in [2.75, 3.05) is 46.4 Å². The van der Waals surface area contributed by atoms with Gasteiger partial charge in [-0.2, -0.15) is 4.98 Å². The smallest absolute Gasteiger partial charge is 0.338 e. The Balaban J connectivity index is 1.47. The van der Waals surface area contributed by atoms with Gasteiger partial charge < -0.3 is 24.6 Å². The molecule has 36 heavy (non-hydrogen) atoms. The predicted octanol–water partition coefficient (Wildman–Crippen LogP) is 2.19. The van der Waals surface area contributed by atoms with Gasteiger partial charge in [-0.05, 0) is 24.6 Å². The fraction of sp³-hybridized carbons (Fsp3) is 0.520. The van der Waals surface area contributed by atoms with Crippen LogP contribution < -0.4 is 15.4 Å². The summed E-state index contributed by atoms with van der Waals surface area (Å²) in [6.45, 7) is 10.2. The zero-order valence-corrected chi connectivity index (χ0v) is 21.2. The quantitative estimate of drug-likeness (QED) is 0.501. The van der Waals surface area contributed by atoms with Crippen molar-refractivity contribution in [1.82, 2.24) is 30.6 Å². The second kappa shape index (κ2) is 11.5. The third kappa shape index (κ3) is 6.03. The molecule has 4 rings (SSSR count). The molecule has 2 aliphatic heterocycles. The van der Waals surface area contributed by atoms with Crippen LogP contribution in [0.15, 0.2) is 40.1 Å². The van der Waals surface area contributed by atoms with Gasteiger partial charge in [0.1, 0.15) is 5.75 Å². The number of rotatable bonds is 9. The van der Waals surface area contributed by atoms with Gasteiger partial charge in [0.2, 0.25) is 5.89 Å². The summed E-state index contributed by atoms with van der Waals surface area (Å²) in [6.07, 6.45) is 0. The number of hydrogen-bond donors (Lipinski definition) is 2. The lowest BCUT2D eigenvalue weighted by Gasteiger charge is -2.36. The van der Waals surface area contributed by atoms with E-state index >= 15 is 0 Å². The average Bonchev–Trinajstić information content (AvgIpc) is 3.34. The van der Waals surface area contributed by atoms with Gasteiger partial charge in [0.05, 0.1) is 31.9 Å². The number of aromatic nitrogens is 2. The largest absolute Gasteiger partial charge is 0.497 e. The monoisotopic (exact) mass is 498 g/mol. The van der Waals surface area contributed by atoms with Crippen LogP contribution in [0.5, 0.6) is 5.75 Å². The molecule has 0 saturated carbocycles. The van der Waals surface area contributed by atoms with Crippen LogP contribution in [0.1, 0.15) is 50.0 Å². The summed E-state index contributed by atoms with van der Waals surface area (Å²) in [5.74, 6) is 1.81. The summed E-state index contributed by atoms with van der Waals surface area (Å²) in [4.78, 5) is 34.5. The van der Waals surface area contributed by atoms with Gasteiger partial charge in [0, 0.05) is 44.3 Å². The molecular weight excluding hydrogens is 464 g/mol. The molecule has 1 atom stereocenters. The fourth-order valence-electron chi connectivity index (χ4n) is 4.33. The molecule has 2 aromatic rings. The summed E-state index contributed by atoms with van der Waals surface area (Å²) >= 11 is 0. The summed E-state index contributed by atoms with van der Waals surface area (Å²) < 4.78 is 16.0. The molecule has 11 heteroatoms. The maximum Gasteiger partial charge on any atom is 0.338 e. The van der Waals surface area contributed by atoms with E-state index in [0.717, 1.165) is 37.6 Å². The number of piperazine rings is 1. The number of benzene rings is 1. The van der Waals surface area contributed by atoms with E-state index in [1.165, 1.54) is 0 Å². The van der Waals surface area contributed by atoms with Crippen molar-refractivity contribution in [2.24, 2.45) is 0 Å². The number of amides is 2. The molecule has 3 heterocycles. The van der Waals surface area contributed by atoms with Crippen molar-refractivity contribution < 1.29 is 23.6 Å². The Hall–Kier alpha value is -3.44. The zero-order chi connectivity index (χ0) is 25.7. The Labute approximate surface area is 210 Å². The van der Waals surface area contributed by atoms with Gasteiger partial charge in [-0.15, -0.1) is 0 Å². The normalized spacial score (nSPS) is 19.2. The number of urea groups is 1. The van der Waals surface area contributed by atoms with E-state index in [9.17, 15) is 9.59 Å². The number of ether oxygens (including phenoxy) is 2. The minimum absolute atomic E-state index is 0.225. The maximum atomic E-state index is 13.0. The van der Waals surface area contributed by atoms with E-state index in [-0.39, 0.29) is 18.6 Å². The lowest BCUT2D eigenvalue weighted by molar-refractivity contribution is -0.139. The Morgan fingerprint density at radius 3 is 2.39 bits per heavy atom. The minimum atomic E-state index is -0.618. The second-order valence-electron chi connectivity index (χ2n) is 9.17. The third-order valence-corrected chi connectivity index (χ3v) is 6.30. The lowest BCUT2D eigenvalue weighted by Crippen LogP contribution is -2.51. The second-order valence-corrected chi connectivity index (χ2v) is 9.17. The van der Waals surface area contributed by atoms with Gasteiger partial charge >= 0.3 is 12.0 Å². The molecule has 2 amide bonds. The Morgan fingerprint density at radius 2 is 1.81 bits per heavy atom. The van der Waals surface area contributed by atoms with Gasteiger partial charge in [-0.3, -0.25) is 9.80 Å². The summed E-state index contributed by atoms with van der Waals surface area (Å²) in [7, 11) is 1.59. The molecular formula is C25H34N6O5. The molecule has 1 fully saturated rings. The maximum absolute atomic E-state index is 13.0. The highest BCUT2D eigenvalue weighted by Gasteiger charge is 2.34. The van der Waals surface area contributed by atoms with Crippen LogP contribution in [0.4, 0.5) is 4.79 Å². The molecule has 0 aliphatic carbocycles. The molecule has 2 aliphatic rings. The van der Waals surface area contributed by atoms with Crippen LogP contribution in [0.25, 0.3) is 0 Å². The molecule has 0 radical (unpaired) electrons.